The van der Waals surface area contributed by atoms with Crippen molar-refractivity contribution in [2.75, 3.05) is 38.6 Å². The maximum absolute atomic E-state index is 12.6. The van der Waals surface area contributed by atoms with Gasteiger partial charge in [-0.15, -0.1) is 0 Å². The molecule has 1 spiro atoms. The first-order valence-electron chi connectivity index (χ1n) is 9.81. The molecule has 0 saturated carbocycles. The number of amides is 1. The van der Waals surface area contributed by atoms with Crippen LogP contribution in [0.2, 0.25) is 0 Å². The number of hydrogen-bond donors (Lipinski definition) is 3. The Morgan fingerprint density at radius 2 is 2.11 bits per heavy atom. The Labute approximate surface area is 164 Å². The Kier molecular flexibility index (Phi) is 4.82. The maximum Gasteiger partial charge on any atom is 0.222 e. The molecule has 0 aliphatic carbocycles. The van der Waals surface area contributed by atoms with Crippen LogP contribution in [0.5, 0.6) is 0 Å². The molecule has 0 unspecified atom stereocenters. The van der Waals surface area contributed by atoms with Crippen LogP contribution in [0.15, 0.2) is 18.7 Å². The standard InChI is InChI=1S/C19H28N8O/c1-13-20-11-19(25-13)7-9-27(10-8-19)15(28)6-4-5-14-23-16-17(24-14)21-12-22-18(16)26(2)3/h12,20,25H,1,4-11H2,2-3H3,(H,21,22,23,24). The van der Waals surface area contributed by atoms with Gasteiger partial charge in [0, 0.05) is 46.6 Å². The zero-order valence-corrected chi connectivity index (χ0v) is 16.6. The number of likely N-dealkylation sites (tertiary alicyclic amines) is 1. The number of piperidine rings is 1. The number of aryl methyl sites for hydroxylation is 1. The fraction of sp³-hybridized carbons (Fsp3) is 0.579. The Bertz CT molecular complexity index is 881. The second kappa shape index (κ2) is 7.29. The molecule has 0 atom stereocenters. The van der Waals surface area contributed by atoms with E-state index in [2.05, 4.69) is 37.1 Å². The first kappa shape index (κ1) is 18.5. The highest BCUT2D eigenvalue weighted by molar-refractivity contribution is 5.83. The smallest absolute Gasteiger partial charge is 0.222 e. The van der Waals surface area contributed by atoms with E-state index in [0.717, 1.165) is 73.9 Å². The summed E-state index contributed by atoms with van der Waals surface area (Å²) in [5, 5.41) is 6.71. The maximum atomic E-state index is 12.6. The molecule has 3 N–H and O–H groups in total. The molecule has 4 rings (SSSR count). The number of hydrogen-bond acceptors (Lipinski definition) is 7. The van der Waals surface area contributed by atoms with Crippen molar-refractivity contribution < 1.29 is 4.79 Å². The van der Waals surface area contributed by atoms with Crippen molar-refractivity contribution in [2.24, 2.45) is 0 Å². The molecular weight excluding hydrogens is 356 g/mol. The van der Waals surface area contributed by atoms with E-state index in [1.54, 1.807) is 0 Å². The minimum absolute atomic E-state index is 0.0767. The summed E-state index contributed by atoms with van der Waals surface area (Å²) in [5.74, 6) is 2.77. The number of H-pyrrole nitrogens is 1. The number of imidazole rings is 1. The summed E-state index contributed by atoms with van der Waals surface area (Å²) in [4.78, 5) is 32.9. The molecule has 28 heavy (non-hydrogen) atoms. The summed E-state index contributed by atoms with van der Waals surface area (Å²) in [5.41, 5.74) is 1.59. The van der Waals surface area contributed by atoms with Crippen LogP contribution in [0.25, 0.3) is 11.2 Å². The topological polar surface area (TPSA) is 102 Å². The average Bonchev–Trinajstić information content (AvgIpc) is 3.25. The third-order valence-electron chi connectivity index (χ3n) is 5.67. The molecule has 0 bridgehead atoms. The Balaban J connectivity index is 1.28. The van der Waals surface area contributed by atoms with Crippen molar-refractivity contribution in [3.63, 3.8) is 0 Å². The van der Waals surface area contributed by atoms with Crippen LogP contribution in [0, 0.1) is 0 Å². The Morgan fingerprint density at radius 1 is 1.32 bits per heavy atom. The SMILES string of the molecule is C=C1NCC2(CCN(C(=O)CCCc3nc4c(N(C)C)ncnc4[nH]3)CC2)N1. The number of aromatic nitrogens is 4. The lowest BCUT2D eigenvalue weighted by Crippen LogP contribution is -2.53. The molecule has 2 fully saturated rings. The lowest BCUT2D eigenvalue weighted by Gasteiger charge is -2.39. The largest absolute Gasteiger partial charge is 0.370 e. The highest BCUT2D eigenvalue weighted by atomic mass is 16.2. The molecule has 2 aromatic heterocycles. The zero-order valence-electron chi connectivity index (χ0n) is 16.6. The number of rotatable bonds is 5. The minimum atomic E-state index is 0.0767. The van der Waals surface area contributed by atoms with Crippen LogP contribution in [-0.2, 0) is 11.2 Å². The van der Waals surface area contributed by atoms with Gasteiger partial charge < -0.3 is 25.4 Å². The van der Waals surface area contributed by atoms with Crippen molar-refractivity contribution in [1.29, 1.82) is 0 Å². The summed E-state index contributed by atoms with van der Waals surface area (Å²) >= 11 is 0. The molecule has 2 saturated heterocycles. The van der Waals surface area contributed by atoms with Crippen LogP contribution >= 0.6 is 0 Å². The van der Waals surface area contributed by atoms with Crippen LogP contribution in [0.3, 0.4) is 0 Å². The molecule has 0 radical (unpaired) electrons. The van der Waals surface area contributed by atoms with Crippen molar-refractivity contribution in [3.8, 4) is 0 Å². The number of carbonyl (C=O) groups is 1. The molecule has 2 aliphatic rings. The molecular formula is C19H28N8O. The van der Waals surface area contributed by atoms with E-state index in [4.69, 9.17) is 0 Å². The van der Waals surface area contributed by atoms with Gasteiger partial charge in [-0.25, -0.2) is 15.0 Å². The molecule has 9 nitrogen and oxygen atoms in total. The third kappa shape index (κ3) is 3.61. The van der Waals surface area contributed by atoms with Gasteiger partial charge in [-0.05, 0) is 19.3 Å². The van der Waals surface area contributed by atoms with Gasteiger partial charge in [-0.2, -0.15) is 0 Å². The number of aromatic amines is 1. The molecule has 2 aliphatic heterocycles. The van der Waals surface area contributed by atoms with E-state index in [0.29, 0.717) is 6.42 Å². The van der Waals surface area contributed by atoms with Gasteiger partial charge in [-0.1, -0.05) is 6.58 Å². The van der Waals surface area contributed by atoms with Crippen LogP contribution in [0.4, 0.5) is 5.82 Å². The summed E-state index contributed by atoms with van der Waals surface area (Å²) in [6, 6.07) is 0. The van der Waals surface area contributed by atoms with Gasteiger partial charge in [0.1, 0.15) is 12.2 Å². The van der Waals surface area contributed by atoms with E-state index in [9.17, 15) is 4.79 Å². The van der Waals surface area contributed by atoms with Crippen molar-refractivity contribution in [3.05, 3.63) is 24.6 Å². The fourth-order valence-corrected chi connectivity index (χ4v) is 4.04. The van der Waals surface area contributed by atoms with E-state index >= 15 is 0 Å². The Morgan fingerprint density at radius 3 is 2.79 bits per heavy atom. The first-order valence-corrected chi connectivity index (χ1v) is 9.81. The summed E-state index contributed by atoms with van der Waals surface area (Å²) in [6.07, 6.45) is 5.48. The van der Waals surface area contributed by atoms with Crippen molar-refractivity contribution in [2.45, 2.75) is 37.6 Å². The molecule has 9 heteroatoms. The second-order valence-electron chi connectivity index (χ2n) is 7.94. The van der Waals surface area contributed by atoms with Crippen molar-refractivity contribution >= 4 is 22.9 Å². The molecule has 2 aromatic rings. The number of carbonyl (C=O) groups excluding carboxylic acids is 1. The predicted molar refractivity (Wildman–Crippen MR) is 108 cm³/mol. The monoisotopic (exact) mass is 384 g/mol. The molecule has 0 aromatic carbocycles. The van der Waals surface area contributed by atoms with E-state index in [1.165, 1.54) is 6.33 Å². The molecule has 4 heterocycles. The quantitative estimate of drug-likeness (QED) is 0.700. The van der Waals surface area contributed by atoms with Crippen LogP contribution in [-0.4, -0.2) is 70.0 Å². The van der Waals surface area contributed by atoms with Crippen molar-refractivity contribution in [1.82, 2.24) is 35.5 Å². The summed E-state index contributed by atoms with van der Waals surface area (Å²) in [7, 11) is 3.87. The van der Waals surface area contributed by atoms with Gasteiger partial charge in [0.25, 0.3) is 0 Å². The van der Waals surface area contributed by atoms with Crippen LogP contribution in [0.1, 0.15) is 31.5 Å². The number of anilines is 1. The highest BCUT2D eigenvalue weighted by Crippen LogP contribution is 2.26. The van der Waals surface area contributed by atoms with Gasteiger partial charge in [0.05, 0.1) is 11.4 Å². The minimum Gasteiger partial charge on any atom is -0.370 e. The Hall–Kier alpha value is -2.84. The molecule has 150 valence electrons. The lowest BCUT2D eigenvalue weighted by atomic mass is 9.88. The lowest BCUT2D eigenvalue weighted by molar-refractivity contribution is -0.132. The number of fused-ring (bicyclic) bond motifs is 1. The van der Waals surface area contributed by atoms with Gasteiger partial charge in [0.15, 0.2) is 17.0 Å². The molecule has 1 amide bonds. The second-order valence-corrected chi connectivity index (χ2v) is 7.94. The van der Waals surface area contributed by atoms with Crippen LogP contribution < -0.4 is 15.5 Å². The summed E-state index contributed by atoms with van der Waals surface area (Å²) < 4.78 is 0. The van der Waals surface area contributed by atoms with Gasteiger partial charge >= 0.3 is 0 Å². The van der Waals surface area contributed by atoms with E-state index in [1.807, 2.05) is 23.9 Å². The van der Waals surface area contributed by atoms with Gasteiger partial charge in [-0.3, -0.25) is 4.79 Å². The van der Waals surface area contributed by atoms with E-state index < -0.39 is 0 Å². The van der Waals surface area contributed by atoms with Gasteiger partial charge in [0.2, 0.25) is 5.91 Å². The predicted octanol–water partition coefficient (Wildman–Crippen LogP) is 0.767. The average molecular weight is 384 g/mol. The van der Waals surface area contributed by atoms with E-state index in [-0.39, 0.29) is 11.4 Å². The third-order valence-corrected chi connectivity index (χ3v) is 5.67. The highest BCUT2D eigenvalue weighted by Gasteiger charge is 2.39. The fourth-order valence-electron chi connectivity index (χ4n) is 4.04. The normalized spacial score (nSPS) is 18.4. The zero-order chi connectivity index (χ0) is 19.7. The number of nitrogens with one attached hydrogen (secondary N) is 3. The first-order chi connectivity index (χ1) is 13.5. The summed E-state index contributed by atoms with van der Waals surface area (Å²) in [6.45, 7) is 6.43. The number of nitrogens with zero attached hydrogens (tertiary/aromatic N) is 5.